The van der Waals surface area contributed by atoms with Gasteiger partial charge in [0.05, 0.1) is 17.0 Å². The Bertz CT molecular complexity index is 737. The molecule has 2 N–H and O–H groups in total. The molecule has 0 bridgehead atoms. The summed E-state index contributed by atoms with van der Waals surface area (Å²) in [5.74, 6) is -0.438. The second-order valence-electron chi connectivity index (χ2n) is 4.90. The number of rotatable bonds is 4. The summed E-state index contributed by atoms with van der Waals surface area (Å²) < 4.78 is 28.0. The second-order valence-corrected chi connectivity index (χ2v) is 7.33. The quantitative estimate of drug-likeness (QED) is 0.622. The Morgan fingerprint density at radius 3 is 2.50 bits per heavy atom. The van der Waals surface area contributed by atoms with Crippen LogP contribution in [-0.4, -0.2) is 32.3 Å². The average Bonchev–Trinajstić information content (AvgIpc) is 2.44. The monoisotopic (exact) mass is 340 g/mol. The number of hydrogen-bond acceptors (Lipinski definition) is 5. The molecule has 1 aliphatic rings. The Morgan fingerprint density at radius 1 is 1.32 bits per heavy atom. The van der Waals surface area contributed by atoms with Gasteiger partial charge in [0.1, 0.15) is 6.61 Å². The molecule has 0 spiro atoms. The maximum absolute atomic E-state index is 12.0. The summed E-state index contributed by atoms with van der Waals surface area (Å²) in [6.45, 7) is 2.15. The second kappa shape index (κ2) is 6.45. The van der Waals surface area contributed by atoms with Gasteiger partial charge in [-0.2, -0.15) is 0 Å². The zero-order valence-corrected chi connectivity index (χ0v) is 13.8. The number of allylic oxidation sites excluding steroid dienone is 1. The van der Waals surface area contributed by atoms with Crippen molar-refractivity contribution in [3.05, 3.63) is 41.1 Å². The first-order valence-electron chi connectivity index (χ1n) is 6.48. The number of thiocarbonyl (C=S) groups is 1. The van der Waals surface area contributed by atoms with Gasteiger partial charge in [0.2, 0.25) is 0 Å². The lowest BCUT2D eigenvalue weighted by atomic mass is 10.2. The van der Waals surface area contributed by atoms with Crippen LogP contribution in [0.25, 0.3) is 0 Å². The summed E-state index contributed by atoms with van der Waals surface area (Å²) in [6, 6.07) is 6.23. The Hall–Kier alpha value is -1.93. The van der Waals surface area contributed by atoms with E-state index in [1.54, 1.807) is 19.1 Å². The molecule has 0 atom stereocenters. The van der Waals surface area contributed by atoms with Crippen molar-refractivity contribution in [2.45, 2.75) is 18.4 Å². The standard InChI is InChI=1S/C14H16N2O4S2/c1-9-12(7-15-14(21)16-9)13(17)20-8-10-3-5-11(6-4-10)22(2,18)19/h3-6H,7-8H2,1-2H3,(H2,15,16,21). The van der Waals surface area contributed by atoms with Crippen molar-refractivity contribution < 1.29 is 17.9 Å². The van der Waals surface area contributed by atoms with Crippen molar-refractivity contribution in [1.29, 1.82) is 0 Å². The number of benzene rings is 1. The third kappa shape index (κ3) is 4.05. The molecule has 1 aromatic carbocycles. The molecule has 1 aromatic rings. The van der Waals surface area contributed by atoms with Gasteiger partial charge in [0.25, 0.3) is 0 Å². The summed E-state index contributed by atoms with van der Waals surface area (Å²) in [5.41, 5.74) is 1.87. The lowest BCUT2D eigenvalue weighted by Gasteiger charge is -2.20. The minimum absolute atomic E-state index is 0.0735. The van der Waals surface area contributed by atoms with Crippen LogP contribution >= 0.6 is 12.2 Å². The van der Waals surface area contributed by atoms with Crippen molar-refractivity contribution in [3.8, 4) is 0 Å². The highest BCUT2D eigenvalue weighted by molar-refractivity contribution is 7.90. The zero-order valence-electron chi connectivity index (χ0n) is 12.2. The van der Waals surface area contributed by atoms with Crippen LogP contribution in [-0.2, 0) is 26.0 Å². The lowest BCUT2D eigenvalue weighted by molar-refractivity contribution is -0.140. The minimum Gasteiger partial charge on any atom is -0.457 e. The van der Waals surface area contributed by atoms with Gasteiger partial charge in [0.15, 0.2) is 14.9 Å². The van der Waals surface area contributed by atoms with E-state index in [2.05, 4.69) is 10.6 Å². The van der Waals surface area contributed by atoms with Gasteiger partial charge in [-0.1, -0.05) is 12.1 Å². The van der Waals surface area contributed by atoms with Gasteiger partial charge in [-0.05, 0) is 36.8 Å². The van der Waals surface area contributed by atoms with E-state index >= 15 is 0 Å². The van der Waals surface area contributed by atoms with E-state index in [0.717, 1.165) is 6.26 Å². The van der Waals surface area contributed by atoms with Gasteiger partial charge < -0.3 is 15.4 Å². The number of carbonyl (C=O) groups is 1. The van der Waals surface area contributed by atoms with Crippen molar-refractivity contribution in [3.63, 3.8) is 0 Å². The van der Waals surface area contributed by atoms with Crippen LogP contribution in [0.2, 0.25) is 0 Å². The highest BCUT2D eigenvalue weighted by Crippen LogP contribution is 2.13. The van der Waals surface area contributed by atoms with E-state index in [0.29, 0.717) is 28.5 Å². The number of esters is 1. The molecule has 118 valence electrons. The molecule has 0 unspecified atom stereocenters. The number of nitrogens with one attached hydrogen (secondary N) is 2. The third-order valence-electron chi connectivity index (χ3n) is 3.15. The Balaban J connectivity index is 2.00. The first kappa shape index (κ1) is 16.4. The van der Waals surface area contributed by atoms with Gasteiger partial charge in [-0.25, -0.2) is 13.2 Å². The molecule has 0 saturated heterocycles. The van der Waals surface area contributed by atoms with E-state index in [-0.39, 0.29) is 11.5 Å². The maximum atomic E-state index is 12.0. The highest BCUT2D eigenvalue weighted by Gasteiger charge is 2.19. The molecular formula is C14H16N2O4S2. The molecular weight excluding hydrogens is 324 g/mol. The lowest BCUT2D eigenvalue weighted by Crippen LogP contribution is -2.42. The zero-order chi connectivity index (χ0) is 16.3. The Labute approximate surface area is 134 Å². The molecule has 8 heteroatoms. The number of carbonyl (C=O) groups excluding carboxylic acids is 1. The summed E-state index contributed by atoms with van der Waals surface area (Å²) in [4.78, 5) is 12.2. The van der Waals surface area contributed by atoms with Crippen LogP contribution in [0.1, 0.15) is 12.5 Å². The molecule has 0 fully saturated rings. The SMILES string of the molecule is CC1=C(C(=O)OCc2ccc(S(C)(=O)=O)cc2)CNC(=S)N1. The van der Waals surface area contributed by atoms with Crippen LogP contribution in [0.15, 0.2) is 40.4 Å². The van der Waals surface area contributed by atoms with Crippen LogP contribution < -0.4 is 10.6 Å². The molecule has 6 nitrogen and oxygen atoms in total. The van der Waals surface area contributed by atoms with Crippen LogP contribution in [0, 0.1) is 0 Å². The molecule has 2 rings (SSSR count). The van der Waals surface area contributed by atoms with E-state index in [1.165, 1.54) is 12.1 Å². The minimum atomic E-state index is -3.22. The summed E-state index contributed by atoms with van der Waals surface area (Å²) in [7, 11) is -3.22. The van der Waals surface area contributed by atoms with Crippen molar-refractivity contribution in [2.24, 2.45) is 0 Å². The normalized spacial score (nSPS) is 15.1. The van der Waals surface area contributed by atoms with E-state index in [1.807, 2.05) is 0 Å². The van der Waals surface area contributed by atoms with E-state index in [9.17, 15) is 13.2 Å². The summed E-state index contributed by atoms with van der Waals surface area (Å²) in [5, 5.41) is 6.20. The first-order chi connectivity index (χ1) is 10.3. The van der Waals surface area contributed by atoms with E-state index in [4.69, 9.17) is 17.0 Å². The van der Waals surface area contributed by atoms with Gasteiger partial charge in [-0.15, -0.1) is 0 Å². The third-order valence-corrected chi connectivity index (χ3v) is 4.52. The fourth-order valence-corrected chi connectivity index (χ4v) is 2.74. The molecule has 0 aromatic heterocycles. The average molecular weight is 340 g/mol. The molecule has 0 amide bonds. The summed E-state index contributed by atoms with van der Waals surface area (Å²) >= 11 is 4.95. The van der Waals surface area contributed by atoms with Gasteiger partial charge >= 0.3 is 5.97 Å². The van der Waals surface area contributed by atoms with Crippen LogP contribution in [0.5, 0.6) is 0 Å². The fourth-order valence-electron chi connectivity index (χ4n) is 1.89. The molecule has 1 aliphatic heterocycles. The predicted molar refractivity (Wildman–Crippen MR) is 85.8 cm³/mol. The van der Waals surface area contributed by atoms with Gasteiger partial charge in [-0.3, -0.25) is 0 Å². The topological polar surface area (TPSA) is 84.5 Å². The van der Waals surface area contributed by atoms with Crippen LogP contribution in [0.4, 0.5) is 0 Å². The molecule has 0 saturated carbocycles. The first-order valence-corrected chi connectivity index (χ1v) is 8.78. The van der Waals surface area contributed by atoms with Crippen LogP contribution in [0.3, 0.4) is 0 Å². The highest BCUT2D eigenvalue weighted by atomic mass is 32.2. The van der Waals surface area contributed by atoms with E-state index < -0.39 is 15.8 Å². The van der Waals surface area contributed by atoms with Gasteiger partial charge in [0, 0.05) is 12.0 Å². The predicted octanol–water partition coefficient (Wildman–Crippen LogP) is 0.885. The number of sulfone groups is 1. The van der Waals surface area contributed by atoms with Crippen molar-refractivity contribution in [1.82, 2.24) is 10.6 Å². The Morgan fingerprint density at radius 2 is 1.95 bits per heavy atom. The molecule has 22 heavy (non-hydrogen) atoms. The van der Waals surface area contributed by atoms with Crippen molar-refractivity contribution >= 4 is 33.1 Å². The largest absolute Gasteiger partial charge is 0.457 e. The molecule has 1 heterocycles. The fraction of sp³-hybridized carbons (Fsp3) is 0.286. The smallest absolute Gasteiger partial charge is 0.337 e. The maximum Gasteiger partial charge on any atom is 0.337 e. The summed E-state index contributed by atoms with van der Waals surface area (Å²) in [6.07, 6.45) is 1.14. The van der Waals surface area contributed by atoms with Crippen molar-refractivity contribution in [2.75, 3.05) is 12.8 Å². The Kier molecular flexibility index (Phi) is 4.82. The molecule has 0 radical (unpaired) electrons. The molecule has 0 aliphatic carbocycles. The number of ether oxygens (including phenoxy) is 1. The number of hydrogen-bond donors (Lipinski definition) is 2.